The molecule has 3 nitrogen and oxygen atoms in total. The number of amides is 1. The van der Waals surface area contributed by atoms with Crippen LogP contribution in [0.4, 0.5) is 27.8 Å². The topological polar surface area (TPSA) is 42.0 Å². The normalized spacial score (nSPS) is 12.4. The summed E-state index contributed by atoms with van der Waals surface area (Å²) in [6.07, 6.45) is -5.94. The number of pyridine rings is 1. The number of hydrogen-bond acceptors (Lipinski definition) is 2. The molecule has 17 heavy (non-hydrogen) atoms. The van der Waals surface area contributed by atoms with Crippen molar-refractivity contribution in [3.63, 3.8) is 0 Å². The zero-order valence-corrected chi connectivity index (χ0v) is 9.44. The highest BCUT2D eigenvalue weighted by Crippen LogP contribution is 2.36. The van der Waals surface area contributed by atoms with Gasteiger partial charge >= 0.3 is 18.0 Å². The second-order valence-corrected chi connectivity index (χ2v) is 3.68. The third-order valence-electron chi connectivity index (χ3n) is 1.60. The number of nitrogens with zero attached hydrogens (tertiary/aromatic N) is 1. The predicted molar refractivity (Wildman–Crippen MR) is 51.6 cm³/mol. The number of rotatable bonds is 2. The summed E-state index contributed by atoms with van der Waals surface area (Å²) in [5.74, 6) is -8.35. The highest BCUT2D eigenvalue weighted by atomic mass is 79.9. The summed E-state index contributed by atoms with van der Waals surface area (Å²) in [5, 5.41) is 1.38. The van der Waals surface area contributed by atoms with E-state index in [2.05, 4.69) is 20.9 Å². The molecule has 9 heteroatoms. The standard InChI is InChI=1S/C8H4BrF5N2O/c9-4-2-1-3-5(15-4)16-6(17)7(10,11)8(12,13)14/h1-3H,(H,15,16,17). The van der Waals surface area contributed by atoms with E-state index in [1.165, 1.54) is 17.4 Å². The lowest BCUT2D eigenvalue weighted by molar-refractivity contribution is -0.267. The second-order valence-electron chi connectivity index (χ2n) is 2.87. The molecule has 0 aliphatic heterocycles. The number of hydrogen-bond donors (Lipinski definition) is 1. The molecule has 0 aliphatic carbocycles. The zero-order valence-electron chi connectivity index (χ0n) is 7.86. The maximum absolute atomic E-state index is 12.5. The summed E-state index contributed by atoms with van der Waals surface area (Å²) in [7, 11) is 0. The van der Waals surface area contributed by atoms with E-state index in [-0.39, 0.29) is 4.60 Å². The van der Waals surface area contributed by atoms with Gasteiger partial charge in [0, 0.05) is 0 Å². The molecule has 1 rings (SSSR count). The third-order valence-corrected chi connectivity index (χ3v) is 2.04. The van der Waals surface area contributed by atoms with Crippen molar-refractivity contribution in [2.45, 2.75) is 12.1 Å². The molecule has 0 radical (unpaired) electrons. The largest absolute Gasteiger partial charge is 0.463 e. The van der Waals surface area contributed by atoms with Gasteiger partial charge in [-0.1, -0.05) is 6.07 Å². The second kappa shape index (κ2) is 4.55. The van der Waals surface area contributed by atoms with Crippen LogP contribution in [0.5, 0.6) is 0 Å². The number of alkyl halides is 5. The van der Waals surface area contributed by atoms with Gasteiger partial charge in [-0.2, -0.15) is 22.0 Å². The molecule has 1 aromatic rings. The first-order valence-electron chi connectivity index (χ1n) is 4.03. The molecule has 1 heterocycles. The van der Waals surface area contributed by atoms with Crippen LogP contribution in [0.2, 0.25) is 0 Å². The van der Waals surface area contributed by atoms with Crippen LogP contribution in [0.1, 0.15) is 0 Å². The van der Waals surface area contributed by atoms with Crippen LogP contribution in [0.3, 0.4) is 0 Å². The molecule has 94 valence electrons. The van der Waals surface area contributed by atoms with Crippen molar-refractivity contribution in [3.05, 3.63) is 22.8 Å². The molecule has 0 atom stereocenters. The number of halogens is 6. The van der Waals surface area contributed by atoms with Gasteiger partial charge in [-0.25, -0.2) is 4.98 Å². The highest BCUT2D eigenvalue weighted by molar-refractivity contribution is 9.10. The lowest BCUT2D eigenvalue weighted by atomic mass is 10.3. The lowest BCUT2D eigenvalue weighted by Gasteiger charge is -2.18. The van der Waals surface area contributed by atoms with Crippen molar-refractivity contribution in [2.24, 2.45) is 0 Å². The molecular weight excluding hydrogens is 315 g/mol. The molecule has 0 spiro atoms. The Bertz CT molecular complexity index is 434. The molecule has 0 aliphatic rings. The molecule has 0 fully saturated rings. The monoisotopic (exact) mass is 318 g/mol. The average Bonchev–Trinajstić information content (AvgIpc) is 2.15. The fourth-order valence-corrected chi connectivity index (χ4v) is 1.15. The van der Waals surface area contributed by atoms with Gasteiger partial charge in [0.15, 0.2) is 0 Å². The lowest BCUT2D eigenvalue weighted by Crippen LogP contribution is -2.47. The number of carbonyl (C=O) groups is 1. The summed E-state index contributed by atoms with van der Waals surface area (Å²) in [6.45, 7) is 0. The van der Waals surface area contributed by atoms with E-state index in [4.69, 9.17) is 0 Å². The fourth-order valence-electron chi connectivity index (χ4n) is 0.801. The van der Waals surface area contributed by atoms with Gasteiger partial charge in [-0.15, -0.1) is 0 Å². The van der Waals surface area contributed by atoms with Crippen molar-refractivity contribution < 1.29 is 26.7 Å². The maximum atomic E-state index is 12.5. The smallest absolute Gasteiger partial charge is 0.305 e. The third kappa shape index (κ3) is 3.11. The molecule has 1 aromatic heterocycles. The van der Waals surface area contributed by atoms with Crippen LogP contribution in [0.15, 0.2) is 22.8 Å². The van der Waals surface area contributed by atoms with Crippen LogP contribution in [0, 0.1) is 0 Å². The summed E-state index contributed by atoms with van der Waals surface area (Å²) in [4.78, 5) is 14.2. The van der Waals surface area contributed by atoms with Gasteiger partial charge in [-0.3, -0.25) is 4.79 Å². The van der Waals surface area contributed by atoms with E-state index >= 15 is 0 Å². The number of nitrogens with one attached hydrogen (secondary N) is 1. The van der Waals surface area contributed by atoms with Crippen LogP contribution in [0.25, 0.3) is 0 Å². The molecule has 1 amide bonds. The van der Waals surface area contributed by atoms with E-state index in [1.807, 2.05) is 0 Å². The van der Waals surface area contributed by atoms with Crippen LogP contribution >= 0.6 is 15.9 Å². The highest BCUT2D eigenvalue weighted by Gasteiger charge is 2.63. The molecule has 0 bridgehead atoms. The first-order chi connectivity index (χ1) is 7.64. The van der Waals surface area contributed by atoms with Crippen LogP contribution < -0.4 is 5.32 Å². The summed E-state index contributed by atoms with van der Waals surface area (Å²) in [5.41, 5.74) is 0. The molecule has 0 aromatic carbocycles. The van der Waals surface area contributed by atoms with Gasteiger partial charge in [-0.05, 0) is 28.1 Å². The van der Waals surface area contributed by atoms with E-state index in [0.717, 1.165) is 6.07 Å². The van der Waals surface area contributed by atoms with Gasteiger partial charge in [0.05, 0.1) is 0 Å². The Hall–Kier alpha value is -1.25. The van der Waals surface area contributed by atoms with Gasteiger partial charge < -0.3 is 5.32 Å². The SMILES string of the molecule is O=C(Nc1cccc(Br)n1)C(F)(F)C(F)(F)F. The zero-order chi connectivity index (χ0) is 13.3. The van der Waals surface area contributed by atoms with Crippen molar-refractivity contribution in [1.29, 1.82) is 0 Å². The Morgan fingerprint density at radius 2 is 1.82 bits per heavy atom. The van der Waals surface area contributed by atoms with Gasteiger partial charge in [0.25, 0.3) is 0 Å². The summed E-state index contributed by atoms with van der Waals surface area (Å²) >= 11 is 2.87. The molecule has 0 saturated heterocycles. The molecule has 0 unspecified atom stereocenters. The average molecular weight is 319 g/mol. The van der Waals surface area contributed by atoms with Crippen LogP contribution in [-0.4, -0.2) is 23.0 Å². The Kier molecular flexibility index (Phi) is 3.70. The molecule has 1 N–H and O–H groups in total. The summed E-state index contributed by atoms with van der Waals surface area (Å²) in [6, 6.07) is 3.81. The van der Waals surface area contributed by atoms with Crippen LogP contribution in [-0.2, 0) is 4.79 Å². The van der Waals surface area contributed by atoms with Crippen molar-refractivity contribution in [1.82, 2.24) is 4.98 Å². The minimum Gasteiger partial charge on any atom is -0.305 e. The van der Waals surface area contributed by atoms with Gasteiger partial charge in [0.2, 0.25) is 0 Å². The van der Waals surface area contributed by atoms with Crippen molar-refractivity contribution in [3.8, 4) is 0 Å². The van der Waals surface area contributed by atoms with Crippen molar-refractivity contribution >= 4 is 27.7 Å². The van der Waals surface area contributed by atoms with E-state index < -0.39 is 23.8 Å². The molecular formula is C8H4BrF5N2O. The Labute approximate surface area is 100 Å². The maximum Gasteiger partial charge on any atom is 0.463 e. The van der Waals surface area contributed by atoms with E-state index in [9.17, 15) is 26.7 Å². The number of carbonyl (C=O) groups excluding carboxylic acids is 1. The quantitative estimate of drug-likeness (QED) is 0.673. The minimum atomic E-state index is -5.94. The van der Waals surface area contributed by atoms with E-state index in [0.29, 0.717) is 0 Å². The fraction of sp³-hybridized carbons (Fsp3) is 0.250. The van der Waals surface area contributed by atoms with E-state index in [1.54, 1.807) is 0 Å². The summed E-state index contributed by atoms with van der Waals surface area (Å²) < 4.78 is 60.7. The Morgan fingerprint density at radius 3 is 2.29 bits per heavy atom. The number of anilines is 1. The van der Waals surface area contributed by atoms with Crippen molar-refractivity contribution in [2.75, 3.05) is 5.32 Å². The first kappa shape index (κ1) is 13.8. The van der Waals surface area contributed by atoms with Gasteiger partial charge in [0.1, 0.15) is 10.4 Å². The predicted octanol–water partition coefficient (Wildman–Crippen LogP) is 2.98. The molecule has 0 saturated carbocycles. The first-order valence-corrected chi connectivity index (χ1v) is 4.82. The number of aromatic nitrogens is 1. The minimum absolute atomic E-state index is 0.186. The Morgan fingerprint density at radius 1 is 1.24 bits per heavy atom. The Balaban J connectivity index is 2.87.